The summed E-state index contributed by atoms with van der Waals surface area (Å²) >= 11 is 0. The van der Waals surface area contributed by atoms with Crippen LogP contribution in [-0.2, 0) is 14.3 Å². The Hall–Kier alpha value is -1.95. The first-order valence-corrected chi connectivity index (χ1v) is 6.99. The third-order valence-corrected chi connectivity index (χ3v) is 3.88. The highest BCUT2D eigenvalue weighted by molar-refractivity contribution is 5.86. The minimum atomic E-state index is -0.765. The average molecular weight is 292 g/mol. The van der Waals surface area contributed by atoms with Crippen LogP contribution in [0.4, 0.5) is 4.39 Å². The molecule has 112 valence electrons. The van der Waals surface area contributed by atoms with Gasteiger partial charge in [0, 0.05) is 13.1 Å². The highest BCUT2D eigenvalue weighted by Crippen LogP contribution is 2.30. The molecule has 0 aromatic heterocycles. The molecular formula is C15H17FN2O3. The monoisotopic (exact) mass is 292 g/mol. The molecule has 1 aromatic carbocycles. The van der Waals surface area contributed by atoms with Crippen LogP contribution in [0.2, 0.25) is 0 Å². The molecule has 21 heavy (non-hydrogen) atoms. The highest BCUT2D eigenvalue weighted by atomic mass is 19.1. The van der Waals surface area contributed by atoms with E-state index in [0.29, 0.717) is 5.56 Å². The lowest BCUT2D eigenvalue weighted by atomic mass is 9.97. The molecule has 1 aromatic rings. The van der Waals surface area contributed by atoms with Crippen molar-refractivity contribution in [1.29, 1.82) is 0 Å². The number of benzene rings is 1. The Kier molecular flexibility index (Phi) is 3.63. The smallest absolute Gasteiger partial charge is 0.251 e. The number of ether oxygens (including phenoxy) is 1. The van der Waals surface area contributed by atoms with Gasteiger partial charge in [-0.3, -0.25) is 9.59 Å². The summed E-state index contributed by atoms with van der Waals surface area (Å²) in [7, 11) is 1.64. The van der Waals surface area contributed by atoms with Gasteiger partial charge in [-0.15, -0.1) is 0 Å². The van der Waals surface area contributed by atoms with Crippen LogP contribution in [0.25, 0.3) is 0 Å². The summed E-state index contributed by atoms with van der Waals surface area (Å²) in [6.07, 6.45) is 1.20. The Morgan fingerprint density at radius 2 is 2.00 bits per heavy atom. The number of morpholine rings is 1. The first-order valence-electron chi connectivity index (χ1n) is 6.99. The van der Waals surface area contributed by atoms with E-state index in [1.807, 2.05) is 0 Å². The van der Waals surface area contributed by atoms with E-state index in [-0.39, 0.29) is 30.3 Å². The summed E-state index contributed by atoms with van der Waals surface area (Å²) in [6, 6.07) is 5.48. The van der Waals surface area contributed by atoms with E-state index in [2.05, 4.69) is 5.32 Å². The number of nitrogens with zero attached hydrogens (tertiary/aromatic N) is 1. The molecule has 1 heterocycles. The number of nitrogens with one attached hydrogen (secondary N) is 1. The fraction of sp³-hybridized carbons (Fsp3) is 0.467. The molecular weight excluding hydrogens is 275 g/mol. The molecule has 0 spiro atoms. The van der Waals surface area contributed by atoms with Crippen LogP contribution in [0.15, 0.2) is 24.3 Å². The van der Waals surface area contributed by atoms with Crippen molar-refractivity contribution in [2.24, 2.45) is 0 Å². The number of hydrogen-bond donors (Lipinski definition) is 1. The first kappa shape index (κ1) is 14.0. The Balaban J connectivity index is 1.86. The van der Waals surface area contributed by atoms with Crippen molar-refractivity contribution in [3.63, 3.8) is 0 Å². The van der Waals surface area contributed by atoms with E-state index in [0.717, 1.165) is 12.8 Å². The number of carbonyl (C=O) groups is 2. The minimum absolute atomic E-state index is 0.114. The van der Waals surface area contributed by atoms with Crippen molar-refractivity contribution in [3.8, 4) is 0 Å². The van der Waals surface area contributed by atoms with Gasteiger partial charge in [0.1, 0.15) is 12.4 Å². The lowest BCUT2D eigenvalue weighted by molar-refractivity contribution is -0.162. The standard InChI is InChI=1S/C15H17FN2O3/c1-18-12(19)8-21-14(15(20)17-11-6-7-11)13(18)9-2-4-10(16)5-3-9/h2-5,11,13-14H,6-8H2,1H3,(H,17,20). The summed E-state index contributed by atoms with van der Waals surface area (Å²) in [5.41, 5.74) is 0.683. The number of halogens is 1. The van der Waals surface area contributed by atoms with Crippen LogP contribution < -0.4 is 5.32 Å². The molecule has 6 heteroatoms. The first-order chi connectivity index (χ1) is 10.1. The van der Waals surface area contributed by atoms with Gasteiger partial charge in [-0.25, -0.2) is 4.39 Å². The van der Waals surface area contributed by atoms with Gasteiger partial charge in [-0.05, 0) is 30.5 Å². The summed E-state index contributed by atoms with van der Waals surface area (Å²) in [5, 5.41) is 2.89. The van der Waals surface area contributed by atoms with Gasteiger partial charge in [0.05, 0.1) is 6.04 Å². The van der Waals surface area contributed by atoms with Gasteiger partial charge in [0.15, 0.2) is 6.10 Å². The maximum Gasteiger partial charge on any atom is 0.251 e. The minimum Gasteiger partial charge on any atom is -0.356 e. The van der Waals surface area contributed by atoms with E-state index in [1.165, 1.54) is 17.0 Å². The van der Waals surface area contributed by atoms with Gasteiger partial charge in [-0.2, -0.15) is 0 Å². The molecule has 2 atom stereocenters. The Bertz CT molecular complexity index is 557. The molecule has 1 aliphatic heterocycles. The van der Waals surface area contributed by atoms with Gasteiger partial charge in [-0.1, -0.05) is 12.1 Å². The van der Waals surface area contributed by atoms with Gasteiger partial charge in [0.25, 0.3) is 5.91 Å². The molecule has 0 bridgehead atoms. The molecule has 1 saturated carbocycles. The fourth-order valence-corrected chi connectivity index (χ4v) is 2.50. The second-order valence-electron chi connectivity index (χ2n) is 5.52. The molecule has 1 N–H and O–H groups in total. The number of likely N-dealkylation sites (N-methyl/N-ethyl adjacent to an activating group) is 1. The van der Waals surface area contributed by atoms with Crippen LogP contribution in [0.3, 0.4) is 0 Å². The largest absolute Gasteiger partial charge is 0.356 e. The zero-order chi connectivity index (χ0) is 15.0. The Morgan fingerprint density at radius 1 is 1.33 bits per heavy atom. The fourth-order valence-electron chi connectivity index (χ4n) is 2.50. The van der Waals surface area contributed by atoms with E-state index in [9.17, 15) is 14.0 Å². The predicted molar refractivity (Wildman–Crippen MR) is 72.8 cm³/mol. The van der Waals surface area contributed by atoms with Crippen LogP contribution in [0, 0.1) is 5.82 Å². The molecule has 0 radical (unpaired) electrons. The number of hydrogen-bond acceptors (Lipinski definition) is 3. The molecule has 2 aliphatic rings. The Morgan fingerprint density at radius 3 is 2.62 bits per heavy atom. The van der Waals surface area contributed by atoms with Crippen molar-refractivity contribution in [3.05, 3.63) is 35.6 Å². The molecule has 2 unspecified atom stereocenters. The highest BCUT2D eigenvalue weighted by Gasteiger charge is 2.41. The maximum absolute atomic E-state index is 13.1. The molecule has 1 saturated heterocycles. The SMILES string of the molecule is CN1C(=O)COC(C(=O)NC2CC2)C1c1ccc(F)cc1. The van der Waals surface area contributed by atoms with Crippen LogP contribution in [0.5, 0.6) is 0 Å². The van der Waals surface area contributed by atoms with E-state index >= 15 is 0 Å². The summed E-state index contributed by atoms with van der Waals surface area (Å²) in [4.78, 5) is 25.6. The zero-order valence-corrected chi connectivity index (χ0v) is 11.7. The van der Waals surface area contributed by atoms with Crippen molar-refractivity contribution in [2.45, 2.75) is 31.0 Å². The molecule has 5 nitrogen and oxygen atoms in total. The lowest BCUT2D eigenvalue weighted by Crippen LogP contribution is -2.53. The maximum atomic E-state index is 13.1. The van der Waals surface area contributed by atoms with Crippen LogP contribution >= 0.6 is 0 Å². The summed E-state index contributed by atoms with van der Waals surface area (Å²) in [5.74, 6) is -0.769. The van der Waals surface area contributed by atoms with E-state index in [4.69, 9.17) is 4.74 Å². The topological polar surface area (TPSA) is 58.6 Å². The number of carbonyl (C=O) groups excluding carboxylic acids is 2. The summed E-state index contributed by atoms with van der Waals surface area (Å²) in [6.45, 7) is -0.114. The van der Waals surface area contributed by atoms with Crippen LogP contribution in [0.1, 0.15) is 24.4 Å². The van der Waals surface area contributed by atoms with Crippen molar-refractivity contribution < 1.29 is 18.7 Å². The number of rotatable bonds is 3. The van der Waals surface area contributed by atoms with Crippen molar-refractivity contribution in [2.75, 3.05) is 13.7 Å². The zero-order valence-electron chi connectivity index (χ0n) is 11.7. The normalized spacial score (nSPS) is 25.8. The number of amides is 2. The van der Waals surface area contributed by atoms with Crippen molar-refractivity contribution >= 4 is 11.8 Å². The molecule has 1 aliphatic carbocycles. The van der Waals surface area contributed by atoms with E-state index in [1.54, 1.807) is 19.2 Å². The third kappa shape index (κ3) is 2.90. The van der Waals surface area contributed by atoms with Gasteiger partial charge in [0.2, 0.25) is 5.91 Å². The van der Waals surface area contributed by atoms with E-state index < -0.39 is 12.1 Å². The molecule has 3 rings (SSSR count). The quantitative estimate of drug-likeness (QED) is 0.904. The second kappa shape index (κ2) is 5.44. The average Bonchev–Trinajstić information content (AvgIpc) is 3.27. The van der Waals surface area contributed by atoms with Crippen molar-refractivity contribution in [1.82, 2.24) is 10.2 Å². The third-order valence-electron chi connectivity index (χ3n) is 3.88. The Labute approximate surface area is 122 Å². The van der Waals surface area contributed by atoms with Crippen LogP contribution in [-0.4, -0.2) is 42.5 Å². The summed E-state index contributed by atoms with van der Waals surface area (Å²) < 4.78 is 18.5. The second-order valence-corrected chi connectivity index (χ2v) is 5.52. The molecule has 2 amide bonds. The lowest BCUT2D eigenvalue weighted by Gasteiger charge is -2.38. The predicted octanol–water partition coefficient (Wildman–Crippen LogP) is 1.00. The molecule has 2 fully saturated rings. The van der Waals surface area contributed by atoms with Gasteiger partial charge >= 0.3 is 0 Å². The van der Waals surface area contributed by atoms with Gasteiger partial charge < -0.3 is 15.0 Å².